The van der Waals surface area contributed by atoms with Crippen LogP contribution in [-0.4, -0.2) is 47.1 Å². The Morgan fingerprint density at radius 2 is 1.85 bits per heavy atom. The number of ketones is 1. The number of methoxy groups -OCH3 is 1. The van der Waals surface area contributed by atoms with E-state index in [4.69, 9.17) is 4.74 Å². The van der Waals surface area contributed by atoms with Gasteiger partial charge >= 0.3 is 0 Å². The van der Waals surface area contributed by atoms with Crippen LogP contribution in [0.2, 0.25) is 0 Å². The Morgan fingerprint density at radius 1 is 1.11 bits per heavy atom. The smallest absolute Gasteiger partial charge is 0.295 e. The quantitative estimate of drug-likeness (QED) is 0.355. The van der Waals surface area contributed by atoms with Crippen molar-refractivity contribution in [2.45, 2.75) is 12.5 Å². The minimum Gasteiger partial charge on any atom is -0.508 e. The summed E-state index contributed by atoms with van der Waals surface area (Å²) in [6.45, 7) is 0.735. The van der Waals surface area contributed by atoms with E-state index in [0.717, 1.165) is 0 Å². The first-order chi connectivity index (χ1) is 13.0. The lowest BCUT2D eigenvalue weighted by atomic mass is 9.95. The zero-order valence-electron chi connectivity index (χ0n) is 15.0. The molecule has 2 aromatic carbocycles. The molecule has 3 rings (SSSR count). The molecule has 0 spiro atoms. The maximum atomic E-state index is 12.7. The monoisotopic (exact) mass is 367 g/mol. The van der Waals surface area contributed by atoms with Crippen molar-refractivity contribution in [1.82, 2.24) is 4.90 Å². The van der Waals surface area contributed by atoms with Crippen LogP contribution in [0.3, 0.4) is 0 Å². The van der Waals surface area contributed by atoms with Gasteiger partial charge in [0.1, 0.15) is 11.5 Å². The predicted octanol–water partition coefficient (Wildman–Crippen LogP) is 2.85. The fourth-order valence-corrected chi connectivity index (χ4v) is 3.28. The number of hydrogen-bond donors (Lipinski definition) is 2. The van der Waals surface area contributed by atoms with Crippen LogP contribution in [0.5, 0.6) is 5.75 Å². The summed E-state index contributed by atoms with van der Waals surface area (Å²) in [4.78, 5) is 26.8. The maximum absolute atomic E-state index is 12.7. The Kier molecular flexibility index (Phi) is 5.57. The largest absolute Gasteiger partial charge is 0.508 e. The molecule has 6 nitrogen and oxygen atoms in total. The Morgan fingerprint density at radius 3 is 2.52 bits per heavy atom. The first kappa shape index (κ1) is 18.7. The van der Waals surface area contributed by atoms with Crippen molar-refractivity contribution in [3.63, 3.8) is 0 Å². The molecule has 1 heterocycles. The van der Waals surface area contributed by atoms with Crippen LogP contribution in [-0.2, 0) is 14.3 Å². The van der Waals surface area contributed by atoms with Gasteiger partial charge in [0.2, 0.25) is 0 Å². The highest BCUT2D eigenvalue weighted by Crippen LogP contribution is 2.40. The number of aliphatic hydroxyl groups is 1. The third-order valence-corrected chi connectivity index (χ3v) is 4.52. The van der Waals surface area contributed by atoms with Crippen LogP contribution in [0.1, 0.15) is 23.6 Å². The summed E-state index contributed by atoms with van der Waals surface area (Å²) in [7, 11) is 1.57. The van der Waals surface area contributed by atoms with Gasteiger partial charge < -0.3 is 19.8 Å². The van der Waals surface area contributed by atoms with Crippen molar-refractivity contribution in [2.75, 3.05) is 20.3 Å². The van der Waals surface area contributed by atoms with Crippen molar-refractivity contribution in [3.05, 3.63) is 71.3 Å². The van der Waals surface area contributed by atoms with Crippen molar-refractivity contribution in [3.8, 4) is 5.75 Å². The van der Waals surface area contributed by atoms with E-state index >= 15 is 0 Å². The van der Waals surface area contributed by atoms with E-state index < -0.39 is 17.7 Å². The Hall–Kier alpha value is -3.12. The summed E-state index contributed by atoms with van der Waals surface area (Å²) in [5.74, 6) is -1.61. The van der Waals surface area contributed by atoms with Gasteiger partial charge in [0.15, 0.2) is 0 Å². The van der Waals surface area contributed by atoms with Crippen LogP contribution in [0.15, 0.2) is 60.2 Å². The lowest BCUT2D eigenvalue weighted by Gasteiger charge is -2.25. The highest BCUT2D eigenvalue weighted by Gasteiger charge is 2.45. The van der Waals surface area contributed by atoms with E-state index in [2.05, 4.69) is 0 Å². The predicted molar refractivity (Wildman–Crippen MR) is 100 cm³/mol. The van der Waals surface area contributed by atoms with E-state index in [9.17, 15) is 19.8 Å². The van der Waals surface area contributed by atoms with Gasteiger partial charge in [0.25, 0.3) is 11.7 Å². The molecule has 0 saturated carbocycles. The molecular formula is C21H21NO5. The minimum absolute atomic E-state index is 0.0224. The van der Waals surface area contributed by atoms with Crippen molar-refractivity contribution in [2.24, 2.45) is 0 Å². The number of phenols is 1. The van der Waals surface area contributed by atoms with E-state index in [1.165, 1.54) is 17.0 Å². The third kappa shape index (κ3) is 3.71. The summed E-state index contributed by atoms with van der Waals surface area (Å²) < 4.78 is 5.04. The molecule has 1 atom stereocenters. The second-order valence-corrected chi connectivity index (χ2v) is 6.30. The Labute approximate surface area is 157 Å². The van der Waals surface area contributed by atoms with Gasteiger partial charge in [-0.15, -0.1) is 0 Å². The van der Waals surface area contributed by atoms with Gasteiger partial charge in [-0.1, -0.05) is 42.5 Å². The number of hydrogen-bond acceptors (Lipinski definition) is 5. The number of aliphatic hydroxyl groups excluding tert-OH is 1. The second kappa shape index (κ2) is 8.05. The number of Topliss-reactive ketones (excluding diaryl/α,β-unsaturated/α-hetero) is 1. The van der Waals surface area contributed by atoms with Gasteiger partial charge in [-0.2, -0.15) is 0 Å². The molecule has 6 heteroatoms. The van der Waals surface area contributed by atoms with Crippen LogP contribution >= 0.6 is 0 Å². The van der Waals surface area contributed by atoms with Gasteiger partial charge in [0.05, 0.1) is 11.6 Å². The second-order valence-electron chi connectivity index (χ2n) is 6.30. The molecule has 27 heavy (non-hydrogen) atoms. The molecule has 0 aliphatic carbocycles. The van der Waals surface area contributed by atoms with Gasteiger partial charge in [-0.05, 0) is 24.1 Å². The lowest BCUT2D eigenvalue weighted by Crippen LogP contribution is -2.31. The molecule has 1 amide bonds. The van der Waals surface area contributed by atoms with Crippen LogP contribution in [0.25, 0.3) is 5.76 Å². The SMILES string of the molecule is COCCCN1C(=O)C(=O)C(=C(O)c2ccccc2)C1c1cccc(O)c1. The fourth-order valence-electron chi connectivity index (χ4n) is 3.28. The van der Waals surface area contributed by atoms with Crippen LogP contribution in [0.4, 0.5) is 0 Å². The van der Waals surface area contributed by atoms with Crippen LogP contribution < -0.4 is 0 Å². The Balaban J connectivity index is 2.12. The molecule has 1 aliphatic heterocycles. The fraction of sp³-hybridized carbons (Fsp3) is 0.238. The standard InChI is InChI=1S/C21H21NO5/c1-27-12-6-11-22-18(15-9-5-10-16(23)13-15)17(20(25)21(22)26)19(24)14-7-3-2-4-8-14/h2-5,7-10,13,18,23-24H,6,11-12H2,1H3. The molecule has 0 aromatic heterocycles. The van der Waals surface area contributed by atoms with Gasteiger partial charge in [0, 0.05) is 25.8 Å². The van der Waals surface area contributed by atoms with Gasteiger partial charge in [-0.3, -0.25) is 9.59 Å². The molecule has 1 fully saturated rings. The molecule has 1 unspecified atom stereocenters. The van der Waals surface area contributed by atoms with E-state index in [1.807, 2.05) is 0 Å². The molecular weight excluding hydrogens is 346 g/mol. The average Bonchev–Trinajstić information content (AvgIpc) is 2.93. The first-order valence-corrected chi connectivity index (χ1v) is 8.66. The molecule has 1 aliphatic rings. The van der Waals surface area contributed by atoms with Crippen molar-refractivity contribution >= 4 is 17.4 Å². The highest BCUT2D eigenvalue weighted by molar-refractivity contribution is 6.46. The summed E-state index contributed by atoms with van der Waals surface area (Å²) in [5.41, 5.74) is 1.04. The van der Waals surface area contributed by atoms with E-state index in [0.29, 0.717) is 30.7 Å². The molecule has 0 bridgehead atoms. The lowest BCUT2D eigenvalue weighted by molar-refractivity contribution is -0.140. The number of amides is 1. The van der Waals surface area contributed by atoms with E-state index in [-0.39, 0.29) is 17.1 Å². The topological polar surface area (TPSA) is 87.1 Å². The highest BCUT2D eigenvalue weighted by atomic mass is 16.5. The van der Waals surface area contributed by atoms with Crippen LogP contribution in [0, 0.1) is 0 Å². The zero-order chi connectivity index (χ0) is 19.4. The first-order valence-electron chi connectivity index (χ1n) is 8.66. The number of ether oxygens (including phenoxy) is 1. The molecule has 1 saturated heterocycles. The number of nitrogens with zero attached hydrogens (tertiary/aromatic N) is 1. The average molecular weight is 367 g/mol. The summed E-state index contributed by atoms with van der Waals surface area (Å²) in [5, 5.41) is 20.7. The molecule has 2 N–H and O–H groups in total. The van der Waals surface area contributed by atoms with Gasteiger partial charge in [-0.25, -0.2) is 0 Å². The van der Waals surface area contributed by atoms with Crippen molar-refractivity contribution < 1.29 is 24.5 Å². The number of aromatic hydroxyl groups is 1. The Bertz CT molecular complexity index is 875. The maximum Gasteiger partial charge on any atom is 0.295 e. The molecule has 2 aromatic rings. The summed E-state index contributed by atoms with van der Waals surface area (Å²) >= 11 is 0. The summed E-state index contributed by atoms with van der Waals surface area (Å²) in [6.07, 6.45) is 0.546. The molecule has 0 radical (unpaired) electrons. The number of carbonyl (C=O) groups excluding carboxylic acids is 2. The zero-order valence-corrected chi connectivity index (χ0v) is 15.0. The normalized spacial score (nSPS) is 18.9. The number of likely N-dealkylation sites (tertiary alicyclic amines) is 1. The number of carbonyl (C=O) groups is 2. The number of phenolic OH excluding ortho intramolecular Hbond substituents is 1. The minimum atomic E-state index is -0.769. The summed E-state index contributed by atoms with van der Waals surface area (Å²) in [6, 6.07) is 14.2. The number of benzene rings is 2. The number of rotatable bonds is 6. The molecule has 140 valence electrons. The third-order valence-electron chi connectivity index (χ3n) is 4.52. The van der Waals surface area contributed by atoms with Crippen molar-refractivity contribution in [1.29, 1.82) is 0 Å². The van der Waals surface area contributed by atoms with E-state index in [1.54, 1.807) is 49.6 Å².